The van der Waals surface area contributed by atoms with Gasteiger partial charge in [0.05, 0.1) is 7.11 Å². The third-order valence-electron chi connectivity index (χ3n) is 5.68. The van der Waals surface area contributed by atoms with Gasteiger partial charge in [-0.15, -0.1) is 0 Å². The first kappa shape index (κ1) is 24.9. The molecule has 0 unspecified atom stereocenters. The lowest BCUT2D eigenvalue weighted by atomic mass is 9.97. The molecule has 4 aromatic rings. The van der Waals surface area contributed by atoms with Gasteiger partial charge in [0.15, 0.2) is 17.3 Å². The molecule has 0 saturated heterocycles. The molecular formula is C28H30N4O4. The summed E-state index contributed by atoms with van der Waals surface area (Å²) in [5.41, 5.74) is 5.21. The number of hydrogen-bond donors (Lipinski definition) is 1. The second kappa shape index (κ2) is 11.0. The molecule has 8 nitrogen and oxygen atoms in total. The van der Waals surface area contributed by atoms with Crippen molar-refractivity contribution in [3.63, 3.8) is 0 Å². The molecule has 0 spiro atoms. The van der Waals surface area contributed by atoms with Crippen molar-refractivity contribution in [1.82, 2.24) is 15.0 Å². The number of likely N-dealkylation sites (N-methyl/N-ethyl adjacent to an activating group) is 1. The zero-order valence-electron chi connectivity index (χ0n) is 21.2. The smallest absolute Gasteiger partial charge is 0.257 e. The Labute approximate surface area is 210 Å². The highest BCUT2D eigenvalue weighted by Gasteiger charge is 2.12. The van der Waals surface area contributed by atoms with Crippen LogP contribution in [0.2, 0.25) is 0 Å². The summed E-state index contributed by atoms with van der Waals surface area (Å²) in [5, 5.41) is 6.79. The Morgan fingerprint density at radius 2 is 1.72 bits per heavy atom. The lowest BCUT2D eigenvalue weighted by molar-refractivity contribution is 0.102. The number of methoxy groups -OCH3 is 1. The van der Waals surface area contributed by atoms with Crippen LogP contribution in [0.15, 0.2) is 65.2 Å². The maximum atomic E-state index is 12.9. The van der Waals surface area contributed by atoms with Gasteiger partial charge < -0.3 is 24.2 Å². The quantitative estimate of drug-likeness (QED) is 0.347. The summed E-state index contributed by atoms with van der Waals surface area (Å²) in [7, 11) is 5.56. The lowest BCUT2D eigenvalue weighted by Crippen LogP contribution is -2.19. The molecule has 0 atom stereocenters. The van der Waals surface area contributed by atoms with Crippen LogP contribution in [0.1, 0.15) is 21.7 Å². The van der Waals surface area contributed by atoms with Crippen molar-refractivity contribution < 1.29 is 18.8 Å². The van der Waals surface area contributed by atoms with E-state index in [4.69, 9.17) is 14.0 Å². The van der Waals surface area contributed by atoms with Gasteiger partial charge in [0.25, 0.3) is 11.8 Å². The van der Waals surface area contributed by atoms with Crippen molar-refractivity contribution in [2.75, 3.05) is 39.7 Å². The number of carbonyl (C=O) groups excluding carboxylic acids is 1. The van der Waals surface area contributed by atoms with E-state index in [1.165, 1.54) is 0 Å². The van der Waals surface area contributed by atoms with Crippen molar-refractivity contribution in [3.05, 3.63) is 77.6 Å². The molecule has 1 aromatic heterocycles. The number of hydrogen-bond acceptors (Lipinski definition) is 7. The van der Waals surface area contributed by atoms with Gasteiger partial charge in [0, 0.05) is 29.4 Å². The summed E-state index contributed by atoms with van der Waals surface area (Å²) in [6.45, 7) is 5.10. The van der Waals surface area contributed by atoms with Gasteiger partial charge in [-0.1, -0.05) is 23.4 Å². The van der Waals surface area contributed by atoms with Gasteiger partial charge >= 0.3 is 0 Å². The van der Waals surface area contributed by atoms with E-state index in [0.717, 1.165) is 28.8 Å². The summed E-state index contributed by atoms with van der Waals surface area (Å²) in [6, 6.07) is 18.9. The first-order valence-corrected chi connectivity index (χ1v) is 11.6. The van der Waals surface area contributed by atoms with Crippen molar-refractivity contribution in [2.45, 2.75) is 13.8 Å². The Morgan fingerprint density at radius 1 is 0.972 bits per heavy atom. The van der Waals surface area contributed by atoms with E-state index in [9.17, 15) is 4.79 Å². The number of benzene rings is 3. The van der Waals surface area contributed by atoms with Crippen molar-refractivity contribution in [1.29, 1.82) is 0 Å². The normalized spacial score (nSPS) is 10.9. The van der Waals surface area contributed by atoms with E-state index in [2.05, 4.69) is 15.5 Å². The van der Waals surface area contributed by atoms with E-state index in [1.807, 2.05) is 68.4 Å². The van der Waals surface area contributed by atoms with Gasteiger partial charge in [0.1, 0.15) is 6.61 Å². The summed E-state index contributed by atoms with van der Waals surface area (Å²) in [5.74, 6) is 2.10. The Kier molecular flexibility index (Phi) is 7.65. The maximum Gasteiger partial charge on any atom is 0.257 e. The molecule has 1 amide bonds. The standard InChI is InChI=1S/C28H30N4O4/c1-18-16-22(28-29-19(2)31-36-28)10-12-24(18)20-6-8-21(9-7-20)27(33)30-23-11-13-25(34-5)26(17-23)35-15-14-32(3)4/h6-13,16-17H,14-15H2,1-5H3,(H,30,33). The van der Waals surface area contributed by atoms with Crippen LogP contribution in [0, 0.1) is 13.8 Å². The van der Waals surface area contributed by atoms with E-state index in [1.54, 1.807) is 32.2 Å². The molecule has 0 radical (unpaired) electrons. The van der Waals surface area contributed by atoms with E-state index >= 15 is 0 Å². The van der Waals surface area contributed by atoms with Crippen LogP contribution in [0.5, 0.6) is 11.5 Å². The highest BCUT2D eigenvalue weighted by atomic mass is 16.5. The molecule has 4 rings (SSSR count). The fourth-order valence-corrected chi connectivity index (χ4v) is 3.74. The third-order valence-corrected chi connectivity index (χ3v) is 5.68. The third kappa shape index (κ3) is 5.90. The molecule has 0 fully saturated rings. The van der Waals surface area contributed by atoms with Gasteiger partial charge in [-0.25, -0.2) is 0 Å². The number of ether oxygens (including phenoxy) is 2. The fraction of sp³-hybridized carbons (Fsp3) is 0.250. The number of aromatic nitrogens is 2. The molecular weight excluding hydrogens is 456 g/mol. The molecule has 36 heavy (non-hydrogen) atoms. The largest absolute Gasteiger partial charge is 0.493 e. The molecule has 0 bridgehead atoms. The lowest BCUT2D eigenvalue weighted by Gasteiger charge is -2.15. The average Bonchev–Trinajstić information content (AvgIpc) is 3.30. The first-order valence-electron chi connectivity index (χ1n) is 11.6. The fourth-order valence-electron chi connectivity index (χ4n) is 3.74. The Hall–Kier alpha value is -4.17. The van der Waals surface area contributed by atoms with Crippen LogP contribution in [0.25, 0.3) is 22.6 Å². The number of anilines is 1. The number of carbonyl (C=O) groups is 1. The van der Waals surface area contributed by atoms with Crippen molar-refractivity contribution in [2.24, 2.45) is 0 Å². The van der Waals surface area contributed by atoms with E-state index < -0.39 is 0 Å². The first-order chi connectivity index (χ1) is 17.3. The second-order valence-corrected chi connectivity index (χ2v) is 8.73. The molecule has 0 aliphatic rings. The minimum atomic E-state index is -0.204. The molecule has 1 N–H and O–H groups in total. The van der Waals surface area contributed by atoms with Crippen molar-refractivity contribution in [3.8, 4) is 34.1 Å². The summed E-state index contributed by atoms with van der Waals surface area (Å²) < 4.78 is 16.5. The molecule has 8 heteroatoms. The highest BCUT2D eigenvalue weighted by molar-refractivity contribution is 6.04. The van der Waals surface area contributed by atoms with Gasteiger partial charge in [-0.05, 0) is 81.0 Å². The summed E-state index contributed by atoms with van der Waals surface area (Å²) in [6.07, 6.45) is 0. The monoisotopic (exact) mass is 486 g/mol. The molecule has 0 aliphatic heterocycles. The van der Waals surface area contributed by atoms with Crippen LogP contribution < -0.4 is 14.8 Å². The van der Waals surface area contributed by atoms with Crippen LogP contribution in [0.4, 0.5) is 5.69 Å². The minimum Gasteiger partial charge on any atom is -0.493 e. The number of nitrogens with one attached hydrogen (secondary N) is 1. The van der Waals surface area contributed by atoms with Crippen LogP contribution in [-0.4, -0.2) is 55.3 Å². The molecule has 0 aliphatic carbocycles. The molecule has 3 aromatic carbocycles. The maximum absolute atomic E-state index is 12.9. The molecule has 186 valence electrons. The van der Waals surface area contributed by atoms with Crippen LogP contribution in [0.3, 0.4) is 0 Å². The van der Waals surface area contributed by atoms with Crippen LogP contribution >= 0.6 is 0 Å². The number of rotatable bonds is 9. The predicted octanol–water partition coefficient (Wildman–Crippen LogP) is 5.22. The van der Waals surface area contributed by atoms with Gasteiger partial charge in [0.2, 0.25) is 0 Å². The molecule has 1 heterocycles. The van der Waals surface area contributed by atoms with Crippen LogP contribution in [-0.2, 0) is 0 Å². The average molecular weight is 487 g/mol. The van der Waals surface area contributed by atoms with Gasteiger partial charge in [-0.3, -0.25) is 4.79 Å². The summed E-state index contributed by atoms with van der Waals surface area (Å²) >= 11 is 0. The van der Waals surface area contributed by atoms with E-state index in [-0.39, 0.29) is 5.91 Å². The number of amides is 1. The second-order valence-electron chi connectivity index (χ2n) is 8.73. The van der Waals surface area contributed by atoms with E-state index in [0.29, 0.717) is 41.1 Å². The highest BCUT2D eigenvalue weighted by Crippen LogP contribution is 2.31. The summed E-state index contributed by atoms with van der Waals surface area (Å²) in [4.78, 5) is 19.2. The zero-order valence-corrected chi connectivity index (χ0v) is 21.2. The minimum absolute atomic E-state index is 0.204. The predicted molar refractivity (Wildman–Crippen MR) is 140 cm³/mol. The number of aryl methyl sites for hydroxylation is 2. The topological polar surface area (TPSA) is 89.7 Å². The Morgan fingerprint density at radius 3 is 2.36 bits per heavy atom. The SMILES string of the molecule is COc1ccc(NC(=O)c2ccc(-c3ccc(-c4nc(C)no4)cc3C)cc2)cc1OCCN(C)C. The zero-order chi connectivity index (χ0) is 25.7. The Balaban J connectivity index is 1.46. The molecule has 0 saturated carbocycles. The van der Waals surface area contributed by atoms with Crippen molar-refractivity contribution >= 4 is 11.6 Å². The Bertz CT molecular complexity index is 1350. The number of nitrogens with zero attached hydrogens (tertiary/aromatic N) is 3. The van der Waals surface area contributed by atoms with Gasteiger partial charge in [-0.2, -0.15) is 4.98 Å².